The van der Waals surface area contributed by atoms with Gasteiger partial charge in [0.2, 0.25) is 5.91 Å². The van der Waals surface area contributed by atoms with Crippen LogP contribution in [-0.2, 0) is 11.0 Å². The van der Waals surface area contributed by atoms with E-state index in [1.807, 2.05) is 0 Å². The molecule has 0 radical (unpaired) electrons. The zero-order chi connectivity index (χ0) is 14.8. The Labute approximate surface area is 113 Å². The third-order valence-electron chi connectivity index (χ3n) is 2.41. The van der Waals surface area contributed by atoms with E-state index in [1.165, 1.54) is 24.1 Å². The number of carbonyl (C=O) groups is 1. The van der Waals surface area contributed by atoms with Crippen LogP contribution < -0.4 is 16.4 Å². The second-order valence-corrected chi connectivity index (χ2v) is 4.35. The number of hydrogen-bond donors (Lipinski definition) is 2. The van der Waals surface area contributed by atoms with Gasteiger partial charge in [0.25, 0.3) is 0 Å². The van der Waals surface area contributed by atoms with Gasteiger partial charge in [0, 0.05) is 18.3 Å². The molecule has 0 bridgehead atoms. The van der Waals surface area contributed by atoms with Crippen molar-refractivity contribution in [1.29, 1.82) is 0 Å². The Bertz CT molecular complexity index is 516. The quantitative estimate of drug-likeness (QED) is 0.819. The van der Waals surface area contributed by atoms with Crippen molar-refractivity contribution in [3.63, 3.8) is 0 Å². The summed E-state index contributed by atoms with van der Waals surface area (Å²) < 4.78 is 38.7. The van der Waals surface area contributed by atoms with Gasteiger partial charge in [-0.05, 0) is 18.2 Å². The van der Waals surface area contributed by atoms with E-state index in [1.54, 1.807) is 0 Å². The summed E-state index contributed by atoms with van der Waals surface area (Å²) in [5.41, 5.74) is 9.26. The molecule has 0 saturated heterocycles. The van der Waals surface area contributed by atoms with E-state index in [9.17, 15) is 18.0 Å². The van der Waals surface area contributed by atoms with Crippen molar-refractivity contribution in [3.05, 3.63) is 29.3 Å². The summed E-state index contributed by atoms with van der Waals surface area (Å²) in [5, 5.41) is 0. The number of carbonyl (C=O) groups excluding carboxylic acids is 1. The fraction of sp³-hybridized carbons (Fsp3) is 0.273. The number of nitrogens with zero attached hydrogens (tertiary/aromatic N) is 1. The maximum absolute atomic E-state index is 12.9. The van der Waals surface area contributed by atoms with Gasteiger partial charge >= 0.3 is 6.18 Å². The molecule has 0 aliphatic rings. The largest absolute Gasteiger partial charge is 0.417 e. The molecule has 0 saturated carbocycles. The maximum atomic E-state index is 12.9. The molecule has 0 aliphatic heterocycles. The highest BCUT2D eigenvalue weighted by Gasteiger charge is 2.34. The average Bonchev–Trinajstić information content (AvgIpc) is 2.25. The first kappa shape index (κ1) is 15.2. The van der Waals surface area contributed by atoms with Gasteiger partial charge in [-0.2, -0.15) is 13.2 Å². The fourth-order valence-electron chi connectivity index (χ4n) is 1.54. The highest BCUT2D eigenvalue weighted by Crippen LogP contribution is 2.34. The normalized spacial score (nSPS) is 11.2. The Balaban J connectivity index is 3.26. The van der Waals surface area contributed by atoms with Gasteiger partial charge < -0.3 is 16.4 Å². The third-order valence-corrected chi connectivity index (χ3v) is 2.63. The van der Waals surface area contributed by atoms with Crippen molar-refractivity contribution in [2.45, 2.75) is 6.18 Å². The minimum atomic E-state index is -4.58. The van der Waals surface area contributed by atoms with E-state index in [0.717, 1.165) is 6.07 Å². The second-order valence-electron chi connectivity index (χ2n) is 3.91. The first-order chi connectivity index (χ1) is 8.62. The smallest absolute Gasteiger partial charge is 0.389 e. The van der Waals surface area contributed by atoms with Crippen LogP contribution in [0.2, 0.25) is 0 Å². The molecule has 0 heterocycles. The summed E-state index contributed by atoms with van der Waals surface area (Å²) in [6.45, 7) is -0.191. The van der Waals surface area contributed by atoms with Gasteiger partial charge in [-0.3, -0.25) is 4.79 Å². The predicted octanol–water partition coefficient (Wildman–Crippen LogP) is 1.26. The van der Waals surface area contributed by atoms with Gasteiger partial charge in [0.15, 0.2) is 0 Å². The standard InChI is InChI=1S/C11H12F3N3OS/c1-17(5-9(15)18)6-2-3-7(10(16)19)8(4-6)11(12,13)14/h2-4H,5H2,1H3,(H2,15,18)(H2,16,19). The number of hydrogen-bond acceptors (Lipinski definition) is 3. The lowest BCUT2D eigenvalue weighted by Gasteiger charge is -2.20. The Morgan fingerprint density at radius 3 is 2.37 bits per heavy atom. The van der Waals surface area contributed by atoms with Crippen LogP contribution in [0.3, 0.4) is 0 Å². The summed E-state index contributed by atoms with van der Waals surface area (Å²) in [4.78, 5) is 11.7. The average molecular weight is 291 g/mol. The van der Waals surface area contributed by atoms with Crippen LogP contribution in [0.25, 0.3) is 0 Å². The van der Waals surface area contributed by atoms with Gasteiger partial charge in [-0.25, -0.2) is 0 Å². The van der Waals surface area contributed by atoms with Crippen LogP contribution in [0, 0.1) is 0 Å². The maximum Gasteiger partial charge on any atom is 0.417 e. The van der Waals surface area contributed by atoms with Crippen molar-refractivity contribution >= 4 is 28.8 Å². The summed E-state index contributed by atoms with van der Waals surface area (Å²) >= 11 is 4.59. The van der Waals surface area contributed by atoms with E-state index >= 15 is 0 Å². The minimum absolute atomic E-state index is 0.191. The summed E-state index contributed by atoms with van der Waals surface area (Å²) in [7, 11) is 1.46. The number of anilines is 1. The molecule has 8 heteroatoms. The fourth-order valence-corrected chi connectivity index (χ4v) is 1.72. The molecular weight excluding hydrogens is 279 g/mol. The van der Waals surface area contributed by atoms with Gasteiger partial charge in [0.1, 0.15) is 4.99 Å². The van der Waals surface area contributed by atoms with Crippen LogP contribution in [-0.4, -0.2) is 24.5 Å². The van der Waals surface area contributed by atoms with Crippen molar-refractivity contribution in [2.75, 3.05) is 18.5 Å². The molecule has 4 N–H and O–H groups in total. The zero-order valence-electron chi connectivity index (χ0n) is 9.99. The Hall–Kier alpha value is -1.83. The Kier molecular flexibility index (Phi) is 4.35. The van der Waals surface area contributed by atoms with Crippen molar-refractivity contribution in [2.24, 2.45) is 11.5 Å². The number of benzene rings is 1. The lowest BCUT2D eigenvalue weighted by atomic mass is 10.1. The van der Waals surface area contributed by atoms with Crippen LogP contribution in [0.5, 0.6) is 0 Å². The molecule has 0 spiro atoms. The number of nitrogens with two attached hydrogens (primary N) is 2. The topological polar surface area (TPSA) is 72.3 Å². The SMILES string of the molecule is CN(CC(N)=O)c1ccc(C(N)=S)c(C(F)(F)F)c1. The molecule has 104 valence electrons. The van der Waals surface area contributed by atoms with Crippen LogP contribution in [0.15, 0.2) is 18.2 Å². The third kappa shape index (κ3) is 3.82. The lowest BCUT2D eigenvalue weighted by molar-refractivity contribution is -0.137. The molecule has 0 unspecified atom stereocenters. The number of amides is 1. The number of likely N-dealkylation sites (N-methyl/N-ethyl adjacent to an activating group) is 1. The van der Waals surface area contributed by atoms with Gasteiger partial charge in [0.05, 0.1) is 12.1 Å². The summed E-state index contributed by atoms with van der Waals surface area (Å²) in [6.07, 6.45) is -4.58. The van der Waals surface area contributed by atoms with Gasteiger partial charge in [-0.15, -0.1) is 0 Å². The first-order valence-electron chi connectivity index (χ1n) is 5.13. The zero-order valence-corrected chi connectivity index (χ0v) is 10.8. The van der Waals surface area contributed by atoms with E-state index < -0.39 is 17.6 Å². The molecule has 0 fully saturated rings. The molecular formula is C11H12F3N3OS. The predicted molar refractivity (Wildman–Crippen MR) is 69.8 cm³/mol. The molecule has 1 aromatic rings. The summed E-state index contributed by atoms with van der Waals surface area (Å²) in [5.74, 6) is -0.644. The monoisotopic (exact) mass is 291 g/mol. The number of primary amides is 1. The molecule has 19 heavy (non-hydrogen) atoms. The number of alkyl halides is 3. The highest BCUT2D eigenvalue weighted by atomic mass is 32.1. The number of thiocarbonyl (C=S) groups is 1. The number of halogens is 3. The van der Waals surface area contributed by atoms with Crippen molar-refractivity contribution in [1.82, 2.24) is 0 Å². The molecule has 1 aromatic carbocycles. The Morgan fingerprint density at radius 1 is 1.37 bits per heavy atom. The van der Waals surface area contributed by atoms with E-state index in [-0.39, 0.29) is 22.8 Å². The van der Waals surface area contributed by atoms with E-state index in [4.69, 9.17) is 11.5 Å². The van der Waals surface area contributed by atoms with E-state index in [0.29, 0.717) is 0 Å². The second kappa shape index (κ2) is 5.43. The summed E-state index contributed by atoms with van der Waals surface area (Å²) in [6, 6.07) is 3.46. The minimum Gasteiger partial charge on any atom is -0.389 e. The van der Waals surface area contributed by atoms with Crippen LogP contribution in [0.4, 0.5) is 18.9 Å². The molecule has 1 rings (SSSR count). The first-order valence-corrected chi connectivity index (χ1v) is 5.54. The van der Waals surface area contributed by atoms with E-state index in [2.05, 4.69) is 12.2 Å². The lowest BCUT2D eigenvalue weighted by Crippen LogP contribution is -2.31. The molecule has 4 nitrogen and oxygen atoms in total. The molecule has 0 aromatic heterocycles. The van der Waals surface area contributed by atoms with Crippen molar-refractivity contribution < 1.29 is 18.0 Å². The molecule has 1 amide bonds. The van der Waals surface area contributed by atoms with Crippen LogP contribution in [0.1, 0.15) is 11.1 Å². The molecule has 0 atom stereocenters. The number of rotatable bonds is 4. The highest BCUT2D eigenvalue weighted by molar-refractivity contribution is 7.80. The molecule has 0 aliphatic carbocycles. The Morgan fingerprint density at radius 2 is 1.95 bits per heavy atom. The van der Waals surface area contributed by atoms with Gasteiger partial charge in [-0.1, -0.05) is 12.2 Å². The van der Waals surface area contributed by atoms with Crippen LogP contribution >= 0.6 is 12.2 Å². The van der Waals surface area contributed by atoms with Crippen molar-refractivity contribution in [3.8, 4) is 0 Å².